The topological polar surface area (TPSA) is 59.9 Å². The van der Waals surface area contributed by atoms with Gasteiger partial charge >= 0.3 is 0 Å². The fourth-order valence-electron chi connectivity index (χ4n) is 3.10. The number of hydrogen-bond acceptors (Lipinski definition) is 4. The molecule has 0 bridgehead atoms. The number of nitrogens with one attached hydrogen (secondary N) is 1. The summed E-state index contributed by atoms with van der Waals surface area (Å²) >= 11 is 9.73. The van der Waals surface area contributed by atoms with Gasteiger partial charge in [-0.15, -0.1) is 0 Å². The van der Waals surface area contributed by atoms with Gasteiger partial charge in [0, 0.05) is 10.6 Å². The highest BCUT2D eigenvalue weighted by molar-refractivity contribution is 9.10. The van der Waals surface area contributed by atoms with E-state index in [9.17, 15) is 4.79 Å². The summed E-state index contributed by atoms with van der Waals surface area (Å²) in [5.74, 6) is 0.916. The van der Waals surface area contributed by atoms with E-state index >= 15 is 0 Å². The first-order chi connectivity index (χ1) is 15.4. The van der Waals surface area contributed by atoms with Gasteiger partial charge in [0.05, 0.1) is 24.2 Å². The minimum atomic E-state index is -0.180. The van der Waals surface area contributed by atoms with Crippen LogP contribution in [0.3, 0.4) is 0 Å². The predicted octanol–water partition coefficient (Wildman–Crippen LogP) is 6.00. The molecule has 0 heterocycles. The van der Waals surface area contributed by atoms with E-state index in [0.29, 0.717) is 27.6 Å². The second-order valence-electron chi connectivity index (χ2n) is 7.31. The summed E-state index contributed by atoms with van der Waals surface area (Å²) in [6.07, 6.45) is 1.83. The number of hydrogen-bond donors (Lipinski definition) is 1. The molecule has 0 fully saturated rings. The molecule has 0 atom stereocenters. The molecule has 0 aliphatic rings. The number of benzene rings is 3. The highest BCUT2D eigenvalue weighted by atomic mass is 79.9. The molecular weight excluding hydrogens is 492 g/mol. The first kappa shape index (κ1) is 23.8. The lowest BCUT2D eigenvalue weighted by Crippen LogP contribution is -2.20. The Morgan fingerprint density at radius 2 is 1.91 bits per heavy atom. The van der Waals surface area contributed by atoms with Crippen LogP contribution in [0, 0.1) is 13.8 Å². The van der Waals surface area contributed by atoms with E-state index in [1.807, 2.05) is 62.4 Å². The Balaban J connectivity index is 1.66. The van der Waals surface area contributed by atoms with Gasteiger partial charge in [0.2, 0.25) is 5.91 Å². The quantitative estimate of drug-likeness (QED) is 0.296. The zero-order valence-electron chi connectivity index (χ0n) is 18.1. The molecule has 7 heteroatoms. The summed E-state index contributed by atoms with van der Waals surface area (Å²) in [5.41, 5.74) is 7.38. The average Bonchev–Trinajstić information content (AvgIpc) is 2.76. The number of hydrazone groups is 1. The largest absolute Gasteiger partial charge is 0.493 e. The number of rotatable bonds is 8. The van der Waals surface area contributed by atoms with Crippen LogP contribution in [-0.2, 0) is 17.8 Å². The van der Waals surface area contributed by atoms with Gasteiger partial charge in [-0.1, -0.05) is 53.6 Å². The van der Waals surface area contributed by atoms with Crippen LogP contribution in [0.4, 0.5) is 0 Å². The fraction of sp³-hybridized carbons (Fsp3) is 0.200. The summed E-state index contributed by atoms with van der Waals surface area (Å²) in [6.45, 7) is 4.30. The maximum Gasteiger partial charge on any atom is 0.244 e. The summed E-state index contributed by atoms with van der Waals surface area (Å²) in [5, 5.41) is 4.72. The number of halogens is 2. The number of ether oxygens (including phenoxy) is 2. The number of carbonyl (C=O) groups excluding carboxylic acids is 1. The van der Waals surface area contributed by atoms with Crippen molar-refractivity contribution in [3.05, 3.63) is 91.9 Å². The standard InChI is InChI=1S/C25H24BrClN2O3/c1-16-8-9-17(2)20(10-16)13-24(30)29-28-14-18-11-21(26)25(23(12-18)31-3)32-15-19-6-4-5-7-22(19)27/h4-12,14H,13,15H2,1-3H3,(H,29,30)/b28-14+. The van der Waals surface area contributed by atoms with Crippen LogP contribution in [-0.4, -0.2) is 19.2 Å². The minimum absolute atomic E-state index is 0.180. The van der Waals surface area contributed by atoms with E-state index in [0.717, 1.165) is 27.8 Å². The maximum absolute atomic E-state index is 12.3. The molecule has 3 aromatic rings. The SMILES string of the molecule is COc1cc(/C=N/NC(=O)Cc2cc(C)ccc2C)cc(Br)c1OCc1ccccc1Cl. The first-order valence-electron chi connectivity index (χ1n) is 9.99. The Morgan fingerprint density at radius 3 is 2.66 bits per heavy atom. The van der Waals surface area contributed by atoms with Crippen LogP contribution in [0.1, 0.15) is 27.8 Å². The van der Waals surface area contributed by atoms with Crippen molar-refractivity contribution < 1.29 is 14.3 Å². The molecule has 0 aliphatic carbocycles. The molecule has 0 spiro atoms. The number of carbonyl (C=O) groups is 1. The molecule has 0 aliphatic heterocycles. The van der Waals surface area contributed by atoms with E-state index in [4.69, 9.17) is 21.1 Å². The molecule has 0 saturated heterocycles. The molecule has 0 unspecified atom stereocenters. The Kier molecular flexibility index (Phi) is 8.31. The molecule has 32 heavy (non-hydrogen) atoms. The fourth-order valence-corrected chi connectivity index (χ4v) is 3.87. The van der Waals surface area contributed by atoms with E-state index in [2.05, 4.69) is 26.5 Å². The lowest BCUT2D eigenvalue weighted by Gasteiger charge is -2.14. The van der Waals surface area contributed by atoms with Crippen molar-refractivity contribution in [2.45, 2.75) is 26.9 Å². The van der Waals surface area contributed by atoms with E-state index in [1.54, 1.807) is 19.4 Å². The molecule has 3 aromatic carbocycles. The number of aryl methyl sites for hydroxylation is 2. The lowest BCUT2D eigenvalue weighted by molar-refractivity contribution is -0.120. The first-order valence-corrected chi connectivity index (χ1v) is 11.2. The highest BCUT2D eigenvalue weighted by Crippen LogP contribution is 2.37. The van der Waals surface area contributed by atoms with Gasteiger partial charge in [0.15, 0.2) is 11.5 Å². The van der Waals surface area contributed by atoms with E-state index in [1.165, 1.54) is 0 Å². The Bertz CT molecular complexity index is 1150. The van der Waals surface area contributed by atoms with Gasteiger partial charge in [-0.05, 0) is 64.7 Å². The van der Waals surface area contributed by atoms with Crippen molar-refractivity contribution >= 4 is 39.7 Å². The normalized spacial score (nSPS) is 10.9. The summed E-state index contributed by atoms with van der Waals surface area (Å²) < 4.78 is 12.1. The van der Waals surface area contributed by atoms with Crippen molar-refractivity contribution in [1.29, 1.82) is 0 Å². The Hall–Kier alpha value is -2.83. The zero-order valence-corrected chi connectivity index (χ0v) is 20.5. The lowest BCUT2D eigenvalue weighted by atomic mass is 10.0. The van der Waals surface area contributed by atoms with E-state index < -0.39 is 0 Å². The molecular formula is C25H24BrClN2O3. The zero-order chi connectivity index (χ0) is 23.1. The van der Waals surface area contributed by atoms with Crippen LogP contribution in [0.5, 0.6) is 11.5 Å². The Morgan fingerprint density at radius 1 is 1.12 bits per heavy atom. The summed E-state index contributed by atoms with van der Waals surface area (Å²) in [4.78, 5) is 12.3. The minimum Gasteiger partial charge on any atom is -0.493 e. The third-order valence-electron chi connectivity index (χ3n) is 4.84. The monoisotopic (exact) mass is 514 g/mol. The molecule has 3 rings (SSSR count). The number of amides is 1. The van der Waals surface area contributed by atoms with Crippen molar-refractivity contribution in [3.8, 4) is 11.5 Å². The molecule has 1 N–H and O–H groups in total. The average molecular weight is 516 g/mol. The molecule has 0 radical (unpaired) electrons. The molecule has 166 valence electrons. The van der Waals surface area contributed by atoms with Crippen LogP contribution in [0.25, 0.3) is 0 Å². The van der Waals surface area contributed by atoms with E-state index in [-0.39, 0.29) is 12.3 Å². The molecule has 5 nitrogen and oxygen atoms in total. The van der Waals surface area contributed by atoms with Gasteiger partial charge in [-0.2, -0.15) is 5.10 Å². The van der Waals surface area contributed by atoms with Gasteiger partial charge in [0.1, 0.15) is 6.61 Å². The maximum atomic E-state index is 12.3. The van der Waals surface area contributed by atoms with Crippen molar-refractivity contribution in [3.63, 3.8) is 0 Å². The summed E-state index contributed by atoms with van der Waals surface area (Å²) in [7, 11) is 1.57. The molecule has 0 saturated carbocycles. The van der Waals surface area contributed by atoms with Crippen LogP contribution in [0.2, 0.25) is 5.02 Å². The van der Waals surface area contributed by atoms with Crippen LogP contribution < -0.4 is 14.9 Å². The Labute approximate surface area is 201 Å². The van der Waals surface area contributed by atoms with Crippen molar-refractivity contribution in [2.24, 2.45) is 5.10 Å². The third-order valence-corrected chi connectivity index (χ3v) is 5.80. The van der Waals surface area contributed by atoms with Gasteiger partial charge in [-0.25, -0.2) is 5.43 Å². The van der Waals surface area contributed by atoms with Crippen LogP contribution in [0.15, 0.2) is 64.2 Å². The van der Waals surface area contributed by atoms with Crippen molar-refractivity contribution in [1.82, 2.24) is 5.43 Å². The highest BCUT2D eigenvalue weighted by Gasteiger charge is 2.12. The second kappa shape index (κ2) is 11.2. The van der Waals surface area contributed by atoms with Gasteiger partial charge < -0.3 is 9.47 Å². The van der Waals surface area contributed by atoms with Gasteiger partial charge in [-0.3, -0.25) is 4.79 Å². The second-order valence-corrected chi connectivity index (χ2v) is 8.58. The van der Waals surface area contributed by atoms with Gasteiger partial charge in [0.25, 0.3) is 0 Å². The third kappa shape index (κ3) is 6.34. The predicted molar refractivity (Wildman–Crippen MR) is 132 cm³/mol. The number of methoxy groups -OCH3 is 1. The van der Waals surface area contributed by atoms with Crippen molar-refractivity contribution in [2.75, 3.05) is 7.11 Å². The van der Waals surface area contributed by atoms with Crippen LogP contribution >= 0.6 is 27.5 Å². The molecule has 1 amide bonds. The number of nitrogens with zero attached hydrogens (tertiary/aromatic N) is 1. The smallest absolute Gasteiger partial charge is 0.244 e. The summed E-state index contributed by atoms with van der Waals surface area (Å²) in [6, 6.07) is 17.2. The molecule has 0 aromatic heterocycles.